The van der Waals surface area contributed by atoms with Crippen molar-refractivity contribution in [3.8, 4) is 5.13 Å². The number of hydrogen-bond donors (Lipinski definition) is 2. The molecule has 168 valence electrons. The van der Waals surface area contributed by atoms with Crippen molar-refractivity contribution in [3.05, 3.63) is 86.6 Å². The number of nitrogens with two attached hydrogens (primary N) is 1. The van der Waals surface area contributed by atoms with Gasteiger partial charge in [0.2, 0.25) is 15.2 Å². The average Bonchev–Trinajstić information content (AvgIpc) is 3.34. The summed E-state index contributed by atoms with van der Waals surface area (Å²) in [5, 5.41) is 9.08. The lowest BCUT2D eigenvalue weighted by molar-refractivity contribution is 0.597. The van der Waals surface area contributed by atoms with E-state index in [1.807, 2.05) is 24.3 Å². The number of benzene rings is 2. The van der Waals surface area contributed by atoms with Gasteiger partial charge in [-0.15, -0.1) is 0 Å². The van der Waals surface area contributed by atoms with Crippen LogP contribution in [0.5, 0.6) is 0 Å². The van der Waals surface area contributed by atoms with E-state index in [1.54, 1.807) is 23.6 Å². The van der Waals surface area contributed by atoms with Gasteiger partial charge in [-0.3, -0.25) is 14.7 Å². The van der Waals surface area contributed by atoms with E-state index in [-0.39, 0.29) is 16.0 Å². The quantitative estimate of drug-likeness (QED) is 0.397. The Morgan fingerprint density at radius 3 is 2.52 bits per heavy atom. The summed E-state index contributed by atoms with van der Waals surface area (Å²) in [6.45, 7) is 2.08. The van der Waals surface area contributed by atoms with E-state index in [2.05, 4.69) is 10.1 Å². The third-order valence-electron chi connectivity index (χ3n) is 5.57. The molecule has 0 radical (unpaired) electrons. The molecular weight excluding hydrogens is 462 g/mol. The van der Waals surface area contributed by atoms with Crippen LogP contribution in [0.1, 0.15) is 11.3 Å². The molecule has 2 aromatic carbocycles. The van der Waals surface area contributed by atoms with Gasteiger partial charge in [-0.1, -0.05) is 35.6 Å². The van der Waals surface area contributed by atoms with Crippen LogP contribution in [-0.4, -0.2) is 27.7 Å². The number of aryl methyl sites for hydroxylation is 2. The van der Waals surface area contributed by atoms with Gasteiger partial charge in [0.1, 0.15) is 0 Å². The van der Waals surface area contributed by atoms with E-state index in [0.29, 0.717) is 34.7 Å². The van der Waals surface area contributed by atoms with Gasteiger partial charge in [-0.25, -0.2) is 18.5 Å². The van der Waals surface area contributed by atoms with Gasteiger partial charge in [0.25, 0.3) is 11.1 Å². The van der Waals surface area contributed by atoms with Gasteiger partial charge in [0, 0.05) is 18.3 Å². The van der Waals surface area contributed by atoms with Crippen molar-refractivity contribution in [1.82, 2.24) is 19.3 Å². The van der Waals surface area contributed by atoms with Gasteiger partial charge in [0.15, 0.2) is 0 Å². The van der Waals surface area contributed by atoms with E-state index in [4.69, 9.17) is 5.14 Å². The molecule has 0 saturated heterocycles. The lowest BCUT2D eigenvalue weighted by atomic mass is 10.1. The molecule has 0 saturated carbocycles. The number of para-hydroxylation sites is 1. The lowest BCUT2D eigenvalue weighted by Crippen LogP contribution is -2.24. The summed E-state index contributed by atoms with van der Waals surface area (Å²) in [5.74, 6) is 0. The first-order chi connectivity index (χ1) is 15.7. The maximum Gasteiger partial charge on any atom is 0.282 e. The van der Waals surface area contributed by atoms with Crippen LogP contribution in [0.4, 0.5) is 0 Å². The number of thiazole rings is 1. The summed E-state index contributed by atoms with van der Waals surface area (Å²) in [6.07, 6.45) is 0.480. The average molecular weight is 482 g/mol. The van der Waals surface area contributed by atoms with Crippen molar-refractivity contribution in [2.75, 3.05) is 0 Å². The molecular formula is C22H19N5O4S2. The Bertz CT molecular complexity index is 1710. The number of pyridine rings is 1. The van der Waals surface area contributed by atoms with E-state index in [1.165, 1.54) is 34.2 Å². The molecule has 9 nitrogen and oxygen atoms in total. The normalized spacial score (nSPS) is 12.1. The maximum atomic E-state index is 13.2. The van der Waals surface area contributed by atoms with Crippen LogP contribution in [0.2, 0.25) is 0 Å². The number of aromatic amines is 1. The SMILES string of the molecule is Cc1c2c(=O)n(-c3nc4ccccc4s3)[nH]c2cc(=O)n1CCc1ccc(S(N)(=O)=O)cc1. The molecule has 0 amide bonds. The first kappa shape index (κ1) is 21.3. The molecule has 0 spiro atoms. The second-order valence-electron chi connectivity index (χ2n) is 7.66. The Balaban J connectivity index is 1.51. The highest BCUT2D eigenvalue weighted by atomic mass is 32.2. The number of H-pyrrole nitrogens is 1. The Morgan fingerprint density at radius 1 is 1.09 bits per heavy atom. The minimum absolute atomic E-state index is 0.0312. The molecule has 33 heavy (non-hydrogen) atoms. The van der Waals surface area contributed by atoms with Crippen LogP contribution in [-0.2, 0) is 23.0 Å². The van der Waals surface area contributed by atoms with E-state index >= 15 is 0 Å². The van der Waals surface area contributed by atoms with Crippen LogP contribution < -0.4 is 16.3 Å². The summed E-state index contributed by atoms with van der Waals surface area (Å²) in [5.41, 5.74) is 2.14. The minimum atomic E-state index is -3.76. The Hall–Kier alpha value is -3.54. The van der Waals surface area contributed by atoms with Crippen molar-refractivity contribution < 1.29 is 8.42 Å². The lowest BCUT2D eigenvalue weighted by Gasteiger charge is -2.10. The molecule has 11 heteroatoms. The van der Waals surface area contributed by atoms with Crippen molar-refractivity contribution in [2.45, 2.75) is 24.8 Å². The predicted octanol–water partition coefficient (Wildman–Crippen LogP) is 2.29. The number of rotatable bonds is 5. The first-order valence-electron chi connectivity index (χ1n) is 10.1. The smallest absolute Gasteiger partial charge is 0.282 e. The third kappa shape index (κ3) is 3.80. The molecule has 0 bridgehead atoms. The summed E-state index contributed by atoms with van der Waals surface area (Å²) in [7, 11) is -3.76. The van der Waals surface area contributed by atoms with Crippen LogP contribution >= 0.6 is 11.3 Å². The molecule has 3 heterocycles. The van der Waals surface area contributed by atoms with Gasteiger partial charge in [-0.05, 0) is 43.2 Å². The molecule has 0 aliphatic carbocycles. The zero-order valence-corrected chi connectivity index (χ0v) is 19.1. The van der Waals surface area contributed by atoms with Crippen LogP contribution in [0, 0.1) is 6.92 Å². The third-order valence-corrected chi connectivity index (χ3v) is 7.52. The van der Waals surface area contributed by atoms with Crippen molar-refractivity contribution in [1.29, 1.82) is 0 Å². The zero-order valence-electron chi connectivity index (χ0n) is 17.5. The number of nitrogens with one attached hydrogen (secondary N) is 1. The topological polar surface area (TPSA) is 133 Å². The summed E-state index contributed by atoms with van der Waals surface area (Å²) in [4.78, 5) is 30.6. The monoisotopic (exact) mass is 481 g/mol. The fraction of sp³-hybridized carbons (Fsp3) is 0.136. The standard InChI is InChI=1S/C22H19N5O4S2/c1-13-20-17(25-27(21(20)29)22-24-16-4-2-3-5-18(16)32-22)12-19(28)26(13)11-10-14-6-8-15(9-7-14)33(23,30)31/h2-9,12,25H,10-11H2,1H3,(H2,23,30,31). The molecule has 0 atom stereocenters. The Morgan fingerprint density at radius 2 is 1.82 bits per heavy atom. The van der Waals surface area contributed by atoms with Gasteiger partial charge < -0.3 is 4.57 Å². The van der Waals surface area contributed by atoms with Crippen LogP contribution in [0.25, 0.3) is 26.3 Å². The zero-order chi connectivity index (χ0) is 23.3. The van der Waals surface area contributed by atoms with Gasteiger partial charge >= 0.3 is 0 Å². The van der Waals surface area contributed by atoms with Crippen molar-refractivity contribution >= 4 is 42.5 Å². The van der Waals surface area contributed by atoms with Gasteiger partial charge in [-0.2, -0.15) is 4.68 Å². The number of hydrogen-bond acceptors (Lipinski definition) is 6. The number of fused-ring (bicyclic) bond motifs is 2. The van der Waals surface area contributed by atoms with E-state index in [0.717, 1.165) is 15.8 Å². The molecule has 0 unspecified atom stereocenters. The molecule has 0 aliphatic heterocycles. The van der Waals surface area contributed by atoms with Crippen LogP contribution in [0.3, 0.4) is 0 Å². The Labute approximate surface area is 191 Å². The number of nitrogens with zero attached hydrogens (tertiary/aromatic N) is 3. The highest BCUT2D eigenvalue weighted by Gasteiger charge is 2.17. The molecule has 0 fully saturated rings. The highest BCUT2D eigenvalue weighted by Crippen LogP contribution is 2.24. The number of sulfonamides is 1. The molecule has 5 rings (SSSR count). The minimum Gasteiger partial charge on any atom is -0.312 e. The molecule has 3 N–H and O–H groups in total. The predicted molar refractivity (Wildman–Crippen MR) is 128 cm³/mol. The summed E-state index contributed by atoms with van der Waals surface area (Å²) >= 11 is 1.39. The van der Waals surface area contributed by atoms with Crippen LogP contribution in [0.15, 0.2) is 69.1 Å². The second kappa shape index (κ2) is 7.80. The molecule has 0 aliphatic rings. The van der Waals surface area contributed by atoms with Gasteiger partial charge in [0.05, 0.1) is 26.0 Å². The maximum absolute atomic E-state index is 13.2. The fourth-order valence-corrected chi connectivity index (χ4v) is 5.31. The Kier molecular flexibility index (Phi) is 5.04. The number of aromatic nitrogens is 4. The first-order valence-corrected chi connectivity index (χ1v) is 12.4. The van der Waals surface area contributed by atoms with E-state index < -0.39 is 10.0 Å². The van der Waals surface area contributed by atoms with Crippen molar-refractivity contribution in [3.63, 3.8) is 0 Å². The molecule has 5 aromatic rings. The fourth-order valence-electron chi connectivity index (χ4n) is 3.86. The highest BCUT2D eigenvalue weighted by molar-refractivity contribution is 7.89. The summed E-state index contributed by atoms with van der Waals surface area (Å²) < 4.78 is 26.7. The summed E-state index contributed by atoms with van der Waals surface area (Å²) in [6, 6.07) is 15.2. The number of primary sulfonamides is 1. The van der Waals surface area contributed by atoms with Crippen molar-refractivity contribution in [2.24, 2.45) is 5.14 Å². The second-order valence-corrected chi connectivity index (χ2v) is 10.2. The largest absolute Gasteiger partial charge is 0.312 e. The van der Waals surface area contributed by atoms with E-state index in [9.17, 15) is 18.0 Å². The molecule has 3 aromatic heterocycles.